The molecule has 5 heteroatoms. The van der Waals surface area contributed by atoms with Gasteiger partial charge in [0.2, 0.25) is 0 Å². The van der Waals surface area contributed by atoms with Gasteiger partial charge in [-0.2, -0.15) is 0 Å². The topological polar surface area (TPSA) is 35.2 Å². The highest BCUT2D eigenvalue weighted by Gasteiger charge is 2.12. The first kappa shape index (κ1) is 11.3. The summed E-state index contributed by atoms with van der Waals surface area (Å²) in [6, 6.07) is 6.84. The molecule has 2 nitrogen and oxygen atoms in total. The van der Waals surface area contributed by atoms with Gasteiger partial charge in [0.25, 0.3) is 0 Å². The van der Waals surface area contributed by atoms with E-state index >= 15 is 0 Å². The summed E-state index contributed by atoms with van der Waals surface area (Å²) in [6.45, 7) is 0. The molecule has 0 saturated carbocycles. The zero-order valence-electron chi connectivity index (χ0n) is 8.58. The number of benzene rings is 2. The van der Waals surface area contributed by atoms with E-state index in [0.717, 1.165) is 18.2 Å². The minimum Gasteiger partial charge on any atom is -0.451 e. The van der Waals surface area contributed by atoms with E-state index in [1.165, 1.54) is 18.2 Å². The summed E-state index contributed by atoms with van der Waals surface area (Å²) in [5.74, 6) is -3.03. The molecule has 0 spiro atoms. The lowest BCUT2D eigenvalue weighted by molar-refractivity contribution is 0.405. The van der Waals surface area contributed by atoms with Gasteiger partial charge in [-0.1, -0.05) is 6.07 Å². The molecule has 0 fully saturated rings. The molecule has 17 heavy (non-hydrogen) atoms. The number of halogens is 3. The van der Waals surface area contributed by atoms with Crippen LogP contribution in [0.3, 0.4) is 0 Å². The van der Waals surface area contributed by atoms with Crippen LogP contribution in [0.5, 0.6) is 11.5 Å². The Balaban J connectivity index is 2.36. The van der Waals surface area contributed by atoms with E-state index in [1.54, 1.807) is 0 Å². The quantitative estimate of drug-likeness (QED) is 0.814. The largest absolute Gasteiger partial charge is 0.451 e. The molecule has 2 aromatic carbocycles. The zero-order valence-corrected chi connectivity index (χ0v) is 8.58. The zero-order chi connectivity index (χ0) is 12.4. The lowest BCUT2D eigenvalue weighted by Crippen LogP contribution is -1.96. The van der Waals surface area contributed by atoms with Crippen molar-refractivity contribution in [3.63, 3.8) is 0 Å². The minimum absolute atomic E-state index is 0.00701. The van der Waals surface area contributed by atoms with E-state index in [2.05, 4.69) is 0 Å². The predicted molar refractivity (Wildman–Crippen MR) is 57.2 cm³/mol. The third kappa shape index (κ3) is 2.50. The van der Waals surface area contributed by atoms with E-state index < -0.39 is 23.2 Å². The molecule has 0 aliphatic heterocycles. The van der Waals surface area contributed by atoms with Gasteiger partial charge in [-0.3, -0.25) is 0 Å². The second kappa shape index (κ2) is 4.37. The average molecular weight is 239 g/mol. The van der Waals surface area contributed by atoms with Gasteiger partial charge in [0, 0.05) is 23.9 Å². The van der Waals surface area contributed by atoms with E-state index in [1.807, 2.05) is 0 Å². The Morgan fingerprint density at radius 2 is 1.59 bits per heavy atom. The van der Waals surface area contributed by atoms with Crippen LogP contribution in [0, 0.1) is 17.5 Å². The first-order valence-electron chi connectivity index (χ1n) is 4.74. The number of hydrogen-bond donors (Lipinski definition) is 1. The van der Waals surface area contributed by atoms with Gasteiger partial charge in [-0.15, -0.1) is 0 Å². The van der Waals surface area contributed by atoms with Gasteiger partial charge in [-0.25, -0.2) is 13.2 Å². The predicted octanol–water partition coefficient (Wildman–Crippen LogP) is 3.48. The van der Waals surface area contributed by atoms with Gasteiger partial charge < -0.3 is 10.5 Å². The van der Waals surface area contributed by atoms with Crippen LogP contribution in [0.2, 0.25) is 0 Å². The Kier molecular flexibility index (Phi) is 2.91. The van der Waals surface area contributed by atoms with E-state index in [9.17, 15) is 13.2 Å². The Labute approximate surface area is 95.4 Å². The van der Waals surface area contributed by atoms with Crippen molar-refractivity contribution < 1.29 is 17.9 Å². The highest BCUT2D eigenvalue weighted by molar-refractivity contribution is 5.45. The van der Waals surface area contributed by atoms with Crippen molar-refractivity contribution in [2.75, 3.05) is 5.73 Å². The van der Waals surface area contributed by atoms with Gasteiger partial charge in [0.15, 0.2) is 17.4 Å². The second-order valence-corrected chi connectivity index (χ2v) is 3.37. The smallest absolute Gasteiger partial charge is 0.198 e. The summed E-state index contributed by atoms with van der Waals surface area (Å²) < 4.78 is 44.5. The van der Waals surface area contributed by atoms with E-state index in [4.69, 9.17) is 10.5 Å². The van der Waals surface area contributed by atoms with Gasteiger partial charge >= 0.3 is 0 Å². The summed E-state index contributed by atoms with van der Waals surface area (Å²) in [4.78, 5) is 0. The number of ether oxygens (including phenoxy) is 1. The van der Waals surface area contributed by atoms with Crippen molar-refractivity contribution in [3.8, 4) is 11.5 Å². The molecule has 0 bridgehead atoms. The molecule has 2 N–H and O–H groups in total. The first-order valence-corrected chi connectivity index (χ1v) is 4.74. The summed E-state index contributed by atoms with van der Waals surface area (Å²) in [7, 11) is 0. The van der Waals surface area contributed by atoms with Crippen LogP contribution in [0.1, 0.15) is 0 Å². The van der Waals surface area contributed by atoms with Crippen LogP contribution in [-0.2, 0) is 0 Å². The lowest BCUT2D eigenvalue weighted by atomic mass is 10.2. The minimum atomic E-state index is -0.938. The molecule has 0 amide bonds. The maximum absolute atomic E-state index is 13.4. The molecule has 88 valence electrons. The third-order valence-corrected chi connectivity index (χ3v) is 2.04. The summed E-state index contributed by atoms with van der Waals surface area (Å²) in [6.07, 6.45) is 0. The van der Waals surface area contributed by atoms with Gasteiger partial charge in [0.05, 0.1) is 0 Å². The summed E-state index contributed by atoms with van der Waals surface area (Å²) in [5.41, 5.74) is 5.20. The summed E-state index contributed by atoms with van der Waals surface area (Å²) >= 11 is 0. The Hall–Kier alpha value is -2.17. The molecule has 0 saturated heterocycles. The Bertz CT molecular complexity index is 534. The maximum Gasteiger partial charge on any atom is 0.198 e. The standard InChI is InChI=1S/C12H8F3NO/c13-7-2-1-3-9(4-7)17-12-10(14)5-8(16)6-11(12)15/h1-6H,16H2. The van der Waals surface area contributed by atoms with Crippen LogP contribution >= 0.6 is 0 Å². The molecule has 0 aliphatic carbocycles. The molecule has 0 heterocycles. The number of rotatable bonds is 2. The molecule has 0 unspecified atom stereocenters. The van der Waals surface area contributed by atoms with E-state index in [0.29, 0.717) is 0 Å². The van der Waals surface area contributed by atoms with Crippen LogP contribution in [0.15, 0.2) is 36.4 Å². The van der Waals surface area contributed by atoms with Crippen LogP contribution in [-0.4, -0.2) is 0 Å². The molecular weight excluding hydrogens is 231 g/mol. The highest BCUT2D eigenvalue weighted by Crippen LogP contribution is 2.29. The number of nitrogens with two attached hydrogens (primary N) is 1. The van der Waals surface area contributed by atoms with Crippen LogP contribution in [0.25, 0.3) is 0 Å². The third-order valence-electron chi connectivity index (χ3n) is 2.04. The van der Waals surface area contributed by atoms with Crippen molar-refractivity contribution in [2.24, 2.45) is 0 Å². The molecule has 2 aromatic rings. The van der Waals surface area contributed by atoms with E-state index in [-0.39, 0.29) is 11.4 Å². The number of hydrogen-bond acceptors (Lipinski definition) is 2. The molecule has 0 aromatic heterocycles. The Morgan fingerprint density at radius 3 is 2.18 bits per heavy atom. The van der Waals surface area contributed by atoms with Crippen LogP contribution in [0.4, 0.5) is 18.9 Å². The van der Waals surface area contributed by atoms with Gasteiger partial charge in [-0.05, 0) is 12.1 Å². The molecule has 0 radical (unpaired) electrons. The number of nitrogen functional groups attached to an aromatic ring is 1. The summed E-state index contributed by atoms with van der Waals surface area (Å²) in [5, 5.41) is 0. The fourth-order valence-electron chi connectivity index (χ4n) is 1.33. The molecular formula is C12H8F3NO. The maximum atomic E-state index is 13.4. The number of anilines is 1. The normalized spacial score (nSPS) is 10.3. The second-order valence-electron chi connectivity index (χ2n) is 3.37. The Morgan fingerprint density at radius 1 is 0.941 bits per heavy atom. The van der Waals surface area contributed by atoms with Crippen molar-refractivity contribution in [1.29, 1.82) is 0 Å². The average Bonchev–Trinajstić information content (AvgIpc) is 2.23. The van der Waals surface area contributed by atoms with Crippen molar-refractivity contribution in [2.45, 2.75) is 0 Å². The molecule has 0 aliphatic rings. The lowest BCUT2D eigenvalue weighted by Gasteiger charge is -2.08. The molecule has 2 rings (SSSR count). The SMILES string of the molecule is Nc1cc(F)c(Oc2cccc(F)c2)c(F)c1. The highest BCUT2D eigenvalue weighted by atomic mass is 19.1. The monoisotopic (exact) mass is 239 g/mol. The first-order chi connectivity index (χ1) is 8.06. The fourth-order valence-corrected chi connectivity index (χ4v) is 1.33. The van der Waals surface area contributed by atoms with Crippen molar-refractivity contribution >= 4 is 5.69 Å². The fraction of sp³-hybridized carbons (Fsp3) is 0. The van der Waals surface area contributed by atoms with Crippen LogP contribution < -0.4 is 10.5 Å². The van der Waals surface area contributed by atoms with Gasteiger partial charge in [0.1, 0.15) is 11.6 Å². The molecule has 0 atom stereocenters. The van der Waals surface area contributed by atoms with Crippen molar-refractivity contribution in [3.05, 3.63) is 53.8 Å². The van der Waals surface area contributed by atoms with Crippen molar-refractivity contribution in [1.82, 2.24) is 0 Å².